The molecule has 1 atom stereocenters. The molecule has 0 bridgehead atoms. The molecule has 1 unspecified atom stereocenters. The number of rotatable bonds is 6. The zero-order chi connectivity index (χ0) is 15.9. The molecule has 8 nitrogen and oxygen atoms in total. The molecule has 4 N–H and O–H groups in total. The monoisotopic (exact) mass is 304 g/mol. The maximum absolute atomic E-state index is 11.2. The molecule has 0 fully saturated rings. The van der Waals surface area contributed by atoms with Gasteiger partial charge in [0.1, 0.15) is 5.70 Å². The fraction of sp³-hybridized carbons (Fsp3) is 0.286. The highest BCUT2D eigenvalue weighted by Crippen LogP contribution is 2.11. The first-order valence-electron chi connectivity index (χ1n) is 6.67. The number of aromatic nitrogens is 2. The van der Waals surface area contributed by atoms with Crippen molar-refractivity contribution in [3.05, 3.63) is 41.6 Å². The number of carboxylic acids is 2. The molecule has 0 amide bonds. The highest BCUT2D eigenvalue weighted by atomic mass is 16.4. The number of aromatic amines is 1. The number of H-pyrrole nitrogens is 1. The van der Waals surface area contributed by atoms with Gasteiger partial charge < -0.3 is 20.5 Å². The van der Waals surface area contributed by atoms with E-state index in [9.17, 15) is 9.59 Å². The molecule has 0 saturated carbocycles. The number of carboxylic acid groups (broad SMARTS) is 2. The lowest BCUT2D eigenvalue weighted by molar-refractivity contribution is -0.138. The lowest BCUT2D eigenvalue weighted by Crippen LogP contribution is -2.25. The molecule has 0 spiro atoms. The van der Waals surface area contributed by atoms with Gasteiger partial charge in [0, 0.05) is 31.1 Å². The number of aliphatic carboxylic acids is 2. The van der Waals surface area contributed by atoms with Crippen molar-refractivity contribution in [2.24, 2.45) is 4.99 Å². The van der Waals surface area contributed by atoms with Crippen LogP contribution in [0.25, 0.3) is 0 Å². The molecule has 2 rings (SSSR count). The SMILES string of the molecule is O=C(O)C1=CC(=CC=NC(Cc2cnc[nH]2)C(=O)O)CCN1. The molecular formula is C14H16N4O4. The summed E-state index contributed by atoms with van der Waals surface area (Å²) in [5, 5.41) is 20.8. The van der Waals surface area contributed by atoms with Crippen molar-refractivity contribution in [2.75, 3.05) is 6.54 Å². The Bertz CT molecular complexity index is 631. The van der Waals surface area contributed by atoms with Gasteiger partial charge in [0.15, 0.2) is 6.04 Å². The topological polar surface area (TPSA) is 128 Å². The molecule has 2 heterocycles. The third kappa shape index (κ3) is 4.30. The van der Waals surface area contributed by atoms with E-state index in [1.165, 1.54) is 18.6 Å². The average Bonchev–Trinajstić information content (AvgIpc) is 2.99. The Morgan fingerprint density at radius 2 is 2.27 bits per heavy atom. The maximum Gasteiger partial charge on any atom is 0.351 e. The van der Waals surface area contributed by atoms with Crippen LogP contribution in [-0.4, -0.2) is 50.9 Å². The smallest absolute Gasteiger partial charge is 0.351 e. The van der Waals surface area contributed by atoms with Crippen molar-refractivity contribution < 1.29 is 19.8 Å². The molecule has 1 aromatic rings. The number of aliphatic imine (C=N–C) groups is 1. The Balaban J connectivity index is 2.05. The second kappa shape index (κ2) is 7.21. The lowest BCUT2D eigenvalue weighted by Gasteiger charge is -2.14. The number of hydrogen-bond acceptors (Lipinski definition) is 5. The number of nitrogens with one attached hydrogen (secondary N) is 2. The summed E-state index contributed by atoms with van der Waals surface area (Å²) in [5.74, 6) is -2.05. The van der Waals surface area contributed by atoms with Crippen LogP contribution in [0.1, 0.15) is 12.1 Å². The van der Waals surface area contributed by atoms with Crippen LogP contribution in [0.3, 0.4) is 0 Å². The molecule has 0 aromatic carbocycles. The van der Waals surface area contributed by atoms with Crippen LogP contribution in [0.2, 0.25) is 0 Å². The number of hydrogen-bond donors (Lipinski definition) is 4. The van der Waals surface area contributed by atoms with Crippen molar-refractivity contribution in [1.29, 1.82) is 0 Å². The second-order valence-electron chi connectivity index (χ2n) is 4.71. The minimum absolute atomic E-state index is 0.123. The third-order valence-corrected chi connectivity index (χ3v) is 3.10. The lowest BCUT2D eigenvalue weighted by atomic mass is 10.1. The van der Waals surface area contributed by atoms with E-state index in [0.717, 1.165) is 5.57 Å². The summed E-state index contributed by atoms with van der Waals surface area (Å²) < 4.78 is 0. The van der Waals surface area contributed by atoms with Crippen LogP contribution in [0, 0.1) is 0 Å². The molecule has 8 heteroatoms. The van der Waals surface area contributed by atoms with Gasteiger partial charge in [-0.1, -0.05) is 0 Å². The Morgan fingerprint density at radius 3 is 2.91 bits per heavy atom. The van der Waals surface area contributed by atoms with Crippen LogP contribution in [0.5, 0.6) is 0 Å². The van der Waals surface area contributed by atoms with Crippen molar-refractivity contribution in [3.63, 3.8) is 0 Å². The molecule has 1 aliphatic rings. The first-order valence-corrected chi connectivity index (χ1v) is 6.67. The average molecular weight is 304 g/mol. The zero-order valence-electron chi connectivity index (χ0n) is 11.7. The third-order valence-electron chi connectivity index (χ3n) is 3.10. The van der Waals surface area contributed by atoms with Crippen LogP contribution in [0.4, 0.5) is 0 Å². The molecule has 22 heavy (non-hydrogen) atoms. The van der Waals surface area contributed by atoms with Gasteiger partial charge in [-0.3, -0.25) is 4.99 Å². The molecule has 0 aliphatic carbocycles. The Morgan fingerprint density at radius 1 is 1.45 bits per heavy atom. The summed E-state index contributed by atoms with van der Waals surface area (Å²) in [5.41, 5.74) is 1.59. The summed E-state index contributed by atoms with van der Waals surface area (Å²) >= 11 is 0. The number of allylic oxidation sites excluding steroid dienone is 2. The fourth-order valence-corrected chi connectivity index (χ4v) is 1.97. The molecule has 1 aromatic heterocycles. The van der Waals surface area contributed by atoms with Crippen molar-refractivity contribution in [2.45, 2.75) is 18.9 Å². The minimum Gasteiger partial charge on any atom is -0.480 e. The van der Waals surface area contributed by atoms with Crippen LogP contribution in [0.15, 0.2) is 40.9 Å². The van der Waals surface area contributed by atoms with Gasteiger partial charge in [-0.25, -0.2) is 14.6 Å². The standard InChI is InChI=1S/C14H16N4O4/c19-13(20)11-5-9(1-3-16-11)2-4-17-12(14(21)22)6-10-7-15-8-18-10/h2,4-5,7-8,12,16H,1,3,6H2,(H,15,18)(H,19,20)(H,21,22). The highest BCUT2D eigenvalue weighted by Gasteiger charge is 2.16. The first-order chi connectivity index (χ1) is 10.6. The predicted octanol–water partition coefficient (Wildman–Crippen LogP) is 0.364. The van der Waals surface area contributed by atoms with Gasteiger partial charge in [0.05, 0.1) is 6.33 Å². The van der Waals surface area contributed by atoms with Gasteiger partial charge >= 0.3 is 11.9 Å². The molecule has 0 saturated heterocycles. The van der Waals surface area contributed by atoms with Crippen molar-refractivity contribution >= 4 is 18.2 Å². The number of carbonyl (C=O) groups is 2. The van der Waals surface area contributed by atoms with Gasteiger partial charge in [-0.15, -0.1) is 0 Å². The Hall–Kier alpha value is -2.90. The van der Waals surface area contributed by atoms with E-state index in [1.807, 2.05) is 0 Å². The summed E-state index contributed by atoms with van der Waals surface area (Å²) in [6, 6.07) is -0.915. The minimum atomic E-state index is -1.03. The second-order valence-corrected chi connectivity index (χ2v) is 4.71. The summed E-state index contributed by atoms with van der Waals surface area (Å²) in [7, 11) is 0. The summed E-state index contributed by atoms with van der Waals surface area (Å²) in [6.07, 6.45) is 8.46. The van der Waals surface area contributed by atoms with Crippen LogP contribution < -0.4 is 5.32 Å². The largest absolute Gasteiger partial charge is 0.480 e. The van der Waals surface area contributed by atoms with E-state index in [-0.39, 0.29) is 12.1 Å². The number of imidazole rings is 1. The summed E-state index contributed by atoms with van der Waals surface area (Å²) in [4.78, 5) is 32.7. The van der Waals surface area contributed by atoms with Crippen LogP contribution in [-0.2, 0) is 16.0 Å². The molecule has 0 radical (unpaired) electrons. The van der Waals surface area contributed by atoms with E-state index in [1.54, 1.807) is 12.3 Å². The van der Waals surface area contributed by atoms with E-state index in [2.05, 4.69) is 20.3 Å². The van der Waals surface area contributed by atoms with E-state index in [4.69, 9.17) is 10.2 Å². The predicted molar refractivity (Wildman–Crippen MR) is 78.6 cm³/mol. The molecular weight excluding hydrogens is 288 g/mol. The molecule has 116 valence electrons. The first kappa shape index (κ1) is 15.5. The quantitative estimate of drug-likeness (QED) is 0.562. The summed E-state index contributed by atoms with van der Waals surface area (Å²) in [6.45, 7) is 0.522. The zero-order valence-corrected chi connectivity index (χ0v) is 11.7. The normalized spacial score (nSPS) is 18.0. The molecule has 1 aliphatic heterocycles. The van der Waals surface area contributed by atoms with Crippen molar-refractivity contribution in [3.8, 4) is 0 Å². The maximum atomic E-state index is 11.2. The highest BCUT2D eigenvalue weighted by molar-refractivity contribution is 5.87. The Labute approximate surface area is 126 Å². The fourth-order valence-electron chi connectivity index (χ4n) is 1.97. The van der Waals surface area contributed by atoms with E-state index < -0.39 is 18.0 Å². The van der Waals surface area contributed by atoms with Crippen LogP contribution >= 0.6 is 0 Å². The van der Waals surface area contributed by atoms with Gasteiger partial charge in [0.2, 0.25) is 0 Å². The van der Waals surface area contributed by atoms with E-state index in [0.29, 0.717) is 18.7 Å². The van der Waals surface area contributed by atoms with Gasteiger partial charge in [-0.2, -0.15) is 0 Å². The van der Waals surface area contributed by atoms with E-state index >= 15 is 0 Å². The van der Waals surface area contributed by atoms with Gasteiger partial charge in [0.25, 0.3) is 0 Å². The van der Waals surface area contributed by atoms with Gasteiger partial charge in [-0.05, 0) is 24.1 Å². The van der Waals surface area contributed by atoms with Crippen molar-refractivity contribution in [1.82, 2.24) is 15.3 Å². The number of nitrogens with zero attached hydrogens (tertiary/aromatic N) is 2. The Kier molecular flexibility index (Phi) is 5.07.